The first-order valence-electron chi connectivity index (χ1n) is 11.1. The highest BCUT2D eigenvalue weighted by molar-refractivity contribution is 5.87. The molecule has 0 aliphatic carbocycles. The molecule has 0 spiro atoms. The molecular formula is C23H29N5O4. The van der Waals surface area contributed by atoms with Crippen molar-refractivity contribution in [3.8, 4) is 11.5 Å². The van der Waals surface area contributed by atoms with E-state index in [9.17, 15) is 4.79 Å². The van der Waals surface area contributed by atoms with Gasteiger partial charge in [-0.25, -0.2) is 9.97 Å². The molecule has 0 radical (unpaired) electrons. The van der Waals surface area contributed by atoms with Gasteiger partial charge in [-0.1, -0.05) is 19.4 Å². The molecule has 4 rings (SSSR count). The fraction of sp³-hybridized carbons (Fsp3) is 0.478. The second kappa shape index (κ2) is 9.84. The minimum atomic E-state index is -0.777. The molecule has 3 heterocycles. The van der Waals surface area contributed by atoms with Gasteiger partial charge in [0.1, 0.15) is 30.1 Å². The Balaban J connectivity index is 1.58. The molecule has 32 heavy (non-hydrogen) atoms. The van der Waals surface area contributed by atoms with Crippen molar-refractivity contribution in [1.82, 2.24) is 19.7 Å². The van der Waals surface area contributed by atoms with Crippen LogP contribution in [0, 0.1) is 0 Å². The number of aliphatic carboxylic acids is 1. The van der Waals surface area contributed by atoms with Gasteiger partial charge in [-0.2, -0.15) is 5.10 Å². The predicted octanol–water partition coefficient (Wildman–Crippen LogP) is 3.50. The van der Waals surface area contributed by atoms with Crippen LogP contribution in [0.1, 0.15) is 49.7 Å². The number of rotatable bonds is 10. The number of anilines is 1. The van der Waals surface area contributed by atoms with E-state index >= 15 is 0 Å². The van der Waals surface area contributed by atoms with Gasteiger partial charge in [0.2, 0.25) is 0 Å². The molecule has 2 aromatic heterocycles. The van der Waals surface area contributed by atoms with Crippen molar-refractivity contribution >= 4 is 22.8 Å². The summed E-state index contributed by atoms with van der Waals surface area (Å²) in [5, 5.41) is 17.0. The number of nitrogens with one attached hydrogen (secondary N) is 1. The first kappa shape index (κ1) is 21.9. The lowest BCUT2D eigenvalue weighted by molar-refractivity contribution is -0.137. The molecule has 1 aliphatic heterocycles. The van der Waals surface area contributed by atoms with Crippen molar-refractivity contribution in [2.24, 2.45) is 7.05 Å². The van der Waals surface area contributed by atoms with E-state index in [-0.39, 0.29) is 6.42 Å². The average Bonchev–Trinajstić information content (AvgIpc) is 3.10. The van der Waals surface area contributed by atoms with Crippen LogP contribution in [-0.2, 0) is 31.2 Å². The third-order valence-corrected chi connectivity index (χ3v) is 5.39. The second-order valence-electron chi connectivity index (χ2n) is 7.94. The Morgan fingerprint density at radius 1 is 1.16 bits per heavy atom. The zero-order valence-electron chi connectivity index (χ0n) is 18.6. The maximum absolute atomic E-state index is 10.8. The number of aromatic nitrogens is 4. The SMILES string of the molecule is CCCc1nn(C)c2c(NCc3ccc4c(c3)OCCO4)nc(CCCCC(=O)O)nc12. The number of unbranched alkanes of at least 4 members (excludes halogenated alkanes) is 1. The molecule has 9 nitrogen and oxygen atoms in total. The van der Waals surface area contributed by atoms with E-state index < -0.39 is 5.97 Å². The Morgan fingerprint density at radius 3 is 2.75 bits per heavy atom. The molecule has 170 valence electrons. The minimum absolute atomic E-state index is 0.158. The standard InChI is InChI=1S/C23H29N5O4/c1-3-6-16-21-22(28(2)27-16)23(26-19(25-21)7-4-5-8-20(29)30)24-14-15-9-10-17-18(13-15)32-12-11-31-17/h9-10,13H,3-8,11-12,14H2,1-2H3,(H,29,30)(H,24,25,26). The van der Waals surface area contributed by atoms with Crippen LogP contribution in [0.3, 0.4) is 0 Å². The largest absolute Gasteiger partial charge is 0.486 e. The molecule has 9 heteroatoms. The number of carboxylic acid groups (broad SMARTS) is 1. The Kier molecular flexibility index (Phi) is 6.72. The Hall–Kier alpha value is -3.36. The lowest BCUT2D eigenvalue weighted by Gasteiger charge is -2.19. The number of nitrogens with zero attached hydrogens (tertiary/aromatic N) is 4. The van der Waals surface area contributed by atoms with Crippen LogP contribution < -0.4 is 14.8 Å². The maximum atomic E-state index is 10.8. The maximum Gasteiger partial charge on any atom is 0.303 e. The molecule has 0 bridgehead atoms. The zero-order valence-corrected chi connectivity index (χ0v) is 18.6. The summed E-state index contributed by atoms with van der Waals surface area (Å²) in [6.45, 7) is 3.81. The van der Waals surface area contributed by atoms with E-state index in [0.29, 0.717) is 38.4 Å². The summed E-state index contributed by atoms with van der Waals surface area (Å²) in [5.74, 6) is 2.19. The summed E-state index contributed by atoms with van der Waals surface area (Å²) < 4.78 is 13.1. The van der Waals surface area contributed by atoms with Crippen molar-refractivity contribution < 1.29 is 19.4 Å². The van der Waals surface area contributed by atoms with Gasteiger partial charge in [0.05, 0.1) is 5.69 Å². The van der Waals surface area contributed by atoms with Crippen LogP contribution in [0.25, 0.3) is 11.0 Å². The number of carbonyl (C=O) groups is 1. The second-order valence-corrected chi connectivity index (χ2v) is 7.94. The molecule has 0 saturated carbocycles. The summed E-state index contributed by atoms with van der Waals surface area (Å²) in [4.78, 5) is 20.4. The lowest BCUT2D eigenvalue weighted by Crippen LogP contribution is -2.15. The highest BCUT2D eigenvalue weighted by Gasteiger charge is 2.17. The first-order valence-corrected chi connectivity index (χ1v) is 11.1. The molecule has 3 aromatic rings. The molecule has 1 aliphatic rings. The Bertz CT molecular complexity index is 1110. The van der Waals surface area contributed by atoms with Crippen LogP contribution in [0.5, 0.6) is 11.5 Å². The van der Waals surface area contributed by atoms with Gasteiger partial charge in [0, 0.05) is 26.4 Å². The predicted molar refractivity (Wildman–Crippen MR) is 120 cm³/mol. The lowest BCUT2D eigenvalue weighted by atomic mass is 10.1. The smallest absolute Gasteiger partial charge is 0.303 e. The van der Waals surface area contributed by atoms with E-state index in [1.165, 1.54) is 0 Å². The van der Waals surface area contributed by atoms with E-state index in [1.54, 1.807) is 0 Å². The average molecular weight is 440 g/mol. The monoisotopic (exact) mass is 439 g/mol. The summed E-state index contributed by atoms with van der Waals surface area (Å²) in [6.07, 6.45) is 3.93. The third kappa shape index (κ3) is 4.92. The number of aryl methyl sites for hydroxylation is 3. The van der Waals surface area contributed by atoms with Crippen molar-refractivity contribution in [2.75, 3.05) is 18.5 Å². The molecular weight excluding hydrogens is 410 g/mol. The fourth-order valence-corrected chi connectivity index (χ4v) is 3.87. The number of hydrogen-bond donors (Lipinski definition) is 2. The summed E-state index contributed by atoms with van der Waals surface area (Å²) >= 11 is 0. The fourth-order valence-electron chi connectivity index (χ4n) is 3.87. The number of ether oxygens (including phenoxy) is 2. The third-order valence-electron chi connectivity index (χ3n) is 5.39. The van der Waals surface area contributed by atoms with E-state index in [2.05, 4.69) is 17.3 Å². The summed E-state index contributed by atoms with van der Waals surface area (Å²) in [6, 6.07) is 5.92. The van der Waals surface area contributed by atoms with Crippen LogP contribution in [0.15, 0.2) is 18.2 Å². The Morgan fingerprint density at radius 2 is 1.97 bits per heavy atom. The minimum Gasteiger partial charge on any atom is -0.486 e. The van der Waals surface area contributed by atoms with Gasteiger partial charge in [-0.3, -0.25) is 9.48 Å². The molecule has 0 atom stereocenters. The Labute approximate surface area is 186 Å². The number of carboxylic acids is 1. The van der Waals surface area contributed by atoms with E-state index in [0.717, 1.165) is 58.9 Å². The molecule has 0 fully saturated rings. The highest BCUT2D eigenvalue weighted by Crippen LogP contribution is 2.31. The van der Waals surface area contributed by atoms with Gasteiger partial charge in [-0.15, -0.1) is 0 Å². The normalized spacial score (nSPS) is 12.8. The van der Waals surface area contributed by atoms with Crippen molar-refractivity contribution in [3.63, 3.8) is 0 Å². The van der Waals surface area contributed by atoms with Crippen LogP contribution in [-0.4, -0.2) is 44.0 Å². The molecule has 1 aromatic carbocycles. The van der Waals surface area contributed by atoms with Crippen molar-refractivity contribution in [2.45, 2.75) is 52.0 Å². The van der Waals surface area contributed by atoms with Crippen LogP contribution in [0.4, 0.5) is 5.82 Å². The number of benzene rings is 1. The van der Waals surface area contributed by atoms with Gasteiger partial charge in [-0.05, 0) is 37.0 Å². The van der Waals surface area contributed by atoms with Gasteiger partial charge in [0.25, 0.3) is 0 Å². The molecule has 0 saturated heterocycles. The number of fused-ring (bicyclic) bond motifs is 2. The molecule has 0 amide bonds. The van der Waals surface area contributed by atoms with Crippen LogP contribution >= 0.6 is 0 Å². The van der Waals surface area contributed by atoms with Gasteiger partial charge < -0.3 is 19.9 Å². The topological polar surface area (TPSA) is 111 Å². The quantitative estimate of drug-likeness (QED) is 0.462. The van der Waals surface area contributed by atoms with E-state index in [1.807, 2.05) is 29.9 Å². The van der Waals surface area contributed by atoms with E-state index in [4.69, 9.17) is 24.5 Å². The van der Waals surface area contributed by atoms with Gasteiger partial charge >= 0.3 is 5.97 Å². The summed E-state index contributed by atoms with van der Waals surface area (Å²) in [7, 11) is 1.91. The zero-order chi connectivity index (χ0) is 22.5. The number of hydrogen-bond acceptors (Lipinski definition) is 7. The van der Waals surface area contributed by atoms with Gasteiger partial charge in [0.15, 0.2) is 17.3 Å². The van der Waals surface area contributed by atoms with Crippen molar-refractivity contribution in [3.05, 3.63) is 35.3 Å². The summed E-state index contributed by atoms with van der Waals surface area (Å²) in [5.41, 5.74) is 3.75. The molecule has 0 unspecified atom stereocenters. The highest BCUT2D eigenvalue weighted by atomic mass is 16.6. The molecule has 2 N–H and O–H groups in total. The van der Waals surface area contributed by atoms with Crippen molar-refractivity contribution in [1.29, 1.82) is 0 Å². The van der Waals surface area contributed by atoms with Crippen LogP contribution in [0.2, 0.25) is 0 Å². The first-order chi connectivity index (χ1) is 15.5.